The third-order valence-electron chi connectivity index (χ3n) is 7.32. The Kier molecular flexibility index (Phi) is 8.02. The van der Waals surface area contributed by atoms with E-state index in [0.717, 1.165) is 36.3 Å². The van der Waals surface area contributed by atoms with Crippen LogP contribution in [-0.2, 0) is 27.4 Å². The molecule has 41 heavy (non-hydrogen) atoms. The van der Waals surface area contributed by atoms with Gasteiger partial charge in [-0.3, -0.25) is 9.52 Å². The highest BCUT2D eigenvalue weighted by Crippen LogP contribution is 2.32. The quantitative estimate of drug-likeness (QED) is 0.442. The van der Waals surface area contributed by atoms with Gasteiger partial charge in [0, 0.05) is 55.2 Å². The normalized spacial score (nSPS) is 16.8. The van der Waals surface area contributed by atoms with E-state index in [2.05, 4.69) is 24.5 Å². The van der Waals surface area contributed by atoms with Gasteiger partial charge in [-0.2, -0.15) is 13.2 Å². The van der Waals surface area contributed by atoms with Crippen molar-refractivity contribution in [1.29, 1.82) is 0 Å². The van der Waals surface area contributed by atoms with Gasteiger partial charge in [-0.05, 0) is 67.8 Å². The average molecular weight is 609 g/mol. The number of piperazine rings is 1. The molecule has 1 aromatic heterocycles. The van der Waals surface area contributed by atoms with Crippen LogP contribution in [0.4, 0.5) is 30.4 Å². The molecule has 218 valence electrons. The number of aryl methyl sites for hydroxylation is 1. The van der Waals surface area contributed by atoms with Gasteiger partial charge in [0.15, 0.2) is 0 Å². The first-order valence-corrected chi connectivity index (χ1v) is 14.9. The number of carbonyl (C=O) groups is 1. The minimum absolute atomic E-state index is 0.0540. The Morgan fingerprint density at radius 3 is 2.39 bits per heavy atom. The first-order chi connectivity index (χ1) is 19.4. The summed E-state index contributed by atoms with van der Waals surface area (Å²) in [5, 5.41) is 0.688. The minimum Gasteiger partial charge on any atom is -0.368 e. The van der Waals surface area contributed by atoms with Crippen molar-refractivity contribution in [2.45, 2.75) is 36.9 Å². The summed E-state index contributed by atoms with van der Waals surface area (Å²) in [4.78, 5) is 26.0. The van der Waals surface area contributed by atoms with Crippen LogP contribution in [0.15, 0.2) is 59.8 Å². The maximum Gasteiger partial charge on any atom is 0.433 e. The van der Waals surface area contributed by atoms with Crippen molar-refractivity contribution in [3.8, 4) is 0 Å². The van der Waals surface area contributed by atoms with E-state index in [4.69, 9.17) is 11.6 Å². The summed E-state index contributed by atoms with van der Waals surface area (Å²) in [5.41, 5.74) is 1.72. The Labute approximate surface area is 241 Å². The Bertz CT molecular complexity index is 1530. The van der Waals surface area contributed by atoms with Gasteiger partial charge in [-0.15, -0.1) is 0 Å². The van der Waals surface area contributed by atoms with Crippen molar-refractivity contribution in [3.05, 3.63) is 71.1 Å². The highest BCUT2D eigenvalue weighted by molar-refractivity contribution is 7.92. The van der Waals surface area contributed by atoms with Gasteiger partial charge in [0.25, 0.3) is 10.0 Å². The zero-order chi connectivity index (χ0) is 29.4. The summed E-state index contributed by atoms with van der Waals surface area (Å²) in [6.45, 7) is 4.89. The molecule has 0 bridgehead atoms. The monoisotopic (exact) mass is 608 g/mol. The number of aromatic nitrogens is 2. The topological polar surface area (TPSA) is 98.7 Å². The molecule has 1 saturated heterocycles. The first-order valence-electron chi connectivity index (χ1n) is 13.0. The van der Waals surface area contributed by atoms with Crippen LogP contribution in [0.5, 0.6) is 0 Å². The maximum absolute atomic E-state index is 13.4. The van der Waals surface area contributed by atoms with Gasteiger partial charge < -0.3 is 14.7 Å². The summed E-state index contributed by atoms with van der Waals surface area (Å²) in [5.74, 6) is -0.429. The SMILES string of the molecule is C[C@@H](C(=O)N1CCN(c2ccc(S(=O)(=O)Nc3cc(C(F)(F)F)ncn3)cc2)CC1)N1CCCc2cc(Cl)ccc21. The molecule has 2 aliphatic heterocycles. The molecule has 1 fully saturated rings. The predicted molar refractivity (Wildman–Crippen MR) is 150 cm³/mol. The highest BCUT2D eigenvalue weighted by atomic mass is 35.5. The molecule has 0 unspecified atom stereocenters. The second-order valence-electron chi connectivity index (χ2n) is 9.94. The second-order valence-corrected chi connectivity index (χ2v) is 12.1. The highest BCUT2D eigenvalue weighted by Gasteiger charge is 2.34. The number of rotatable bonds is 6. The van der Waals surface area contributed by atoms with Crippen molar-refractivity contribution in [2.24, 2.45) is 0 Å². The molecule has 0 saturated carbocycles. The van der Waals surface area contributed by atoms with Gasteiger partial charge in [0.2, 0.25) is 5.91 Å². The molecule has 0 radical (unpaired) electrons. The molecule has 2 aliphatic rings. The fourth-order valence-electron chi connectivity index (χ4n) is 5.18. The number of alkyl halides is 3. The van der Waals surface area contributed by atoms with Gasteiger partial charge in [-0.25, -0.2) is 18.4 Å². The number of hydrogen-bond donors (Lipinski definition) is 1. The lowest BCUT2D eigenvalue weighted by Crippen LogP contribution is -2.55. The number of halogens is 4. The van der Waals surface area contributed by atoms with Gasteiger partial charge in [-0.1, -0.05) is 11.6 Å². The number of carbonyl (C=O) groups excluding carboxylic acids is 1. The second kappa shape index (κ2) is 11.4. The van der Waals surface area contributed by atoms with Crippen molar-refractivity contribution >= 4 is 44.7 Å². The lowest BCUT2D eigenvalue weighted by molar-refractivity contribution is -0.141. The molecule has 1 atom stereocenters. The third kappa shape index (κ3) is 6.35. The molecule has 9 nitrogen and oxygen atoms in total. The van der Waals surface area contributed by atoms with E-state index in [-0.39, 0.29) is 16.8 Å². The van der Waals surface area contributed by atoms with Crippen molar-refractivity contribution in [2.75, 3.05) is 47.2 Å². The minimum atomic E-state index is -4.73. The van der Waals surface area contributed by atoms with Crippen molar-refractivity contribution < 1.29 is 26.4 Å². The van der Waals surface area contributed by atoms with Crippen molar-refractivity contribution in [1.82, 2.24) is 14.9 Å². The predicted octanol–water partition coefficient (Wildman–Crippen LogP) is 4.44. The summed E-state index contributed by atoms with van der Waals surface area (Å²) < 4.78 is 66.2. The van der Waals surface area contributed by atoms with E-state index in [1.807, 2.05) is 30.0 Å². The van der Waals surface area contributed by atoms with Crippen LogP contribution in [0.3, 0.4) is 0 Å². The molecule has 1 N–H and O–H groups in total. The molecular formula is C27H28ClF3N6O3S. The van der Waals surface area contributed by atoms with Crippen LogP contribution in [0.1, 0.15) is 24.6 Å². The summed E-state index contributed by atoms with van der Waals surface area (Å²) in [6.07, 6.45) is -2.20. The standard InChI is InChI=1S/C27H28ClF3N6O3S/c1-18(37-10-2-3-19-15-20(28)4-9-23(19)37)26(38)36-13-11-35(12-14-36)21-5-7-22(8-6-21)41(39,40)34-25-16-24(27(29,30)31)32-17-33-25/h4-9,15-18H,2-3,10-14H2,1H3,(H,32,33,34)/t18-/m0/s1. The molecule has 14 heteroatoms. The molecule has 1 amide bonds. The lowest BCUT2D eigenvalue weighted by Gasteiger charge is -2.41. The Hall–Kier alpha value is -3.58. The van der Waals surface area contributed by atoms with Crippen LogP contribution in [0, 0.1) is 0 Å². The number of hydrogen-bond acceptors (Lipinski definition) is 7. The molecule has 2 aromatic carbocycles. The number of nitrogens with one attached hydrogen (secondary N) is 1. The van der Waals surface area contributed by atoms with E-state index >= 15 is 0 Å². The Balaban J connectivity index is 1.19. The molecular weight excluding hydrogens is 581 g/mol. The number of benzene rings is 2. The van der Waals surface area contributed by atoms with Crippen LogP contribution < -0.4 is 14.5 Å². The first kappa shape index (κ1) is 28.9. The number of nitrogens with zero attached hydrogens (tertiary/aromatic N) is 5. The number of anilines is 3. The number of fused-ring (bicyclic) bond motifs is 1. The lowest BCUT2D eigenvalue weighted by atomic mass is 10.00. The van der Waals surface area contributed by atoms with Crippen LogP contribution in [0.25, 0.3) is 0 Å². The molecule has 3 heterocycles. The number of sulfonamides is 1. The van der Waals surface area contributed by atoms with E-state index in [9.17, 15) is 26.4 Å². The fourth-order valence-corrected chi connectivity index (χ4v) is 6.37. The van der Waals surface area contributed by atoms with Crippen LogP contribution in [-0.4, -0.2) is 68.0 Å². The zero-order valence-electron chi connectivity index (χ0n) is 22.1. The third-order valence-corrected chi connectivity index (χ3v) is 8.93. The fraction of sp³-hybridized carbons (Fsp3) is 0.370. The Morgan fingerprint density at radius 2 is 1.71 bits per heavy atom. The number of amides is 1. The smallest absolute Gasteiger partial charge is 0.368 e. The van der Waals surface area contributed by atoms with E-state index in [1.165, 1.54) is 12.1 Å². The van der Waals surface area contributed by atoms with Crippen molar-refractivity contribution in [3.63, 3.8) is 0 Å². The summed E-state index contributed by atoms with van der Waals surface area (Å²) in [6, 6.07) is 12.0. The van der Waals surface area contributed by atoms with E-state index in [0.29, 0.717) is 43.6 Å². The molecule has 0 aliphatic carbocycles. The van der Waals surface area contributed by atoms with Gasteiger partial charge in [0.1, 0.15) is 23.9 Å². The van der Waals surface area contributed by atoms with Crippen LogP contribution >= 0.6 is 11.6 Å². The molecule has 5 rings (SSSR count). The Morgan fingerprint density at radius 1 is 1.00 bits per heavy atom. The molecule has 0 spiro atoms. The maximum atomic E-state index is 13.4. The summed E-state index contributed by atoms with van der Waals surface area (Å²) >= 11 is 6.16. The van der Waals surface area contributed by atoms with Crippen LogP contribution in [0.2, 0.25) is 5.02 Å². The van der Waals surface area contributed by atoms with E-state index < -0.39 is 27.7 Å². The van der Waals surface area contributed by atoms with Gasteiger partial charge in [0.05, 0.1) is 4.90 Å². The van der Waals surface area contributed by atoms with E-state index in [1.54, 1.807) is 12.1 Å². The zero-order valence-corrected chi connectivity index (χ0v) is 23.7. The molecule has 3 aromatic rings. The van der Waals surface area contributed by atoms with Gasteiger partial charge >= 0.3 is 6.18 Å². The average Bonchev–Trinajstić information content (AvgIpc) is 2.95. The largest absolute Gasteiger partial charge is 0.433 e. The summed E-state index contributed by atoms with van der Waals surface area (Å²) in [7, 11) is -4.18.